The summed E-state index contributed by atoms with van der Waals surface area (Å²) in [5.74, 6) is -1.15. The van der Waals surface area contributed by atoms with E-state index in [4.69, 9.17) is 9.47 Å². The number of esters is 2. The highest BCUT2D eigenvalue weighted by Crippen LogP contribution is 2.21. The molecule has 0 saturated carbocycles. The third-order valence-corrected chi connectivity index (χ3v) is 9.43. The SMILES string of the molecule is COC(=O)/C=C(\C(=O)OC)[Si](/C=C/c1ccccc1)(c1ccccc1)c1ccccc1. The molecule has 0 saturated heterocycles. The first-order valence-corrected chi connectivity index (χ1v) is 11.9. The second-order valence-corrected chi connectivity index (χ2v) is 10.5. The van der Waals surface area contributed by atoms with Gasteiger partial charge in [0.05, 0.1) is 14.2 Å². The maximum absolute atomic E-state index is 13.1. The Morgan fingerprint density at radius 3 is 1.65 bits per heavy atom. The van der Waals surface area contributed by atoms with Crippen LogP contribution in [0.3, 0.4) is 0 Å². The fourth-order valence-corrected chi connectivity index (χ4v) is 7.74. The minimum Gasteiger partial charge on any atom is -0.466 e. The van der Waals surface area contributed by atoms with E-state index in [0.29, 0.717) is 5.20 Å². The van der Waals surface area contributed by atoms with Crippen LogP contribution in [0.15, 0.2) is 108 Å². The van der Waals surface area contributed by atoms with Gasteiger partial charge in [0.1, 0.15) is 0 Å². The lowest BCUT2D eigenvalue weighted by Gasteiger charge is -2.31. The summed E-state index contributed by atoms with van der Waals surface area (Å²) in [6.45, 7) is 0. The summed E-state index contributed by atoms with van der Waals surface area (Å²) in [6, 6.07) is 29.4. The van der Waals surface area contributed by atoms with Crippen molar-refractivity contribution < 1.29 is 19.1 Å². The first-order chi connectivity index (χ1) is 15.1. The molecule has 0 aromatic heterocycles. The highest BCUT2D eigenvalue weighted by Gasteiger charge is 2.43. The largest absolute Gasteiger partial charge is 0.466 e. The van der Waals surface area contributed by atoms with E-state index in [1.165, 1.54) is 20.3 Å². The van der Waals surface area contributed by atoms with Gasteiger partial charge in [-0.3, -0.25) is 0 Å². The maximum atomic E-state index is 13.1. The zero-order valence-electron chi connectivity index (χ0n) is 17.5. The molecule has 0 N–H and O–H groups in total. The van der Waals surface area contributed by atoms with Gasteiger partial charge in [0.2, 0.25) is 0 Å². The predicted molar refractivity (Wildman–Crippen MR) is 125 cm³/mol. The van der Waals surface area contributed by atoms with Crippen molar-refractivity contribution in [3.8, 4) is 0 Å². The van der Waals surface area contributed by atoms with Crippen molar-refractivity contribution in [1.82, 2.24) is 0 Å². The molecule has 0 heterocycles. The highest BCUT2D eigenvalue weighted by molar-refractivity contribution is 7.13. The minimum atomic E-state index is -3.12. The van der Waals surface area contributed by atoms with Crippen LogP contribution in [0.25, 0.3) is 6.08 Å². The molecule has 0 radical (unpaired) electrons. The molecular formula is C26H24O4Si. The molecular weight excluding hydrogens is 404 g/mol. The van der Waals surface area contributed by atoms with E-state index in [0.717, 1.165) is 15.9 Å². The summed E-state index contributed by atoms with van der Waals surface area (Å²) in [7, 11) is -0.501. The summed E-state index contributed by atoms with van der Waals surface area (Å²) in [4.78, 5) is 25.4. The summed E-state index contributed by atoms with van der Waals surface area (Å²) in [5.41, 5.74) is 3.06. The van der Waals surface area contributed by atoms with Gasteiger partial charge in [-0.1, -0.05) is 103 Å². The van der Waals surface area contributed by atoms with Crippen molar-refractivity contribution in [2.24, 2.45) is 0 Å². The second kappa shape index (κ2) is 10.4. The lowest BCUT2D eigenvalue weighted by molar-refractivity contribution is -0.137. The van der Waals surface area contributed by atoms with E-state index < -0.39 is 20.0 Å². The Kier molecular flexibility index (Phi) is 7.35. The lowest BCUT2D eigenvalue weighted by Crippen LogP contribution is -2.60. The molecule has 0 aliphatic rings. The number of hydrogen-bond donors (Lipinski definition) is 0. The van der Waals surface area contributed by atoms with Crippen LogP contribution in [-0.4, -0.2) is 34.2 Å². The molecule has 0 amide bonds. The van der Waals surface area contributed by atoms with E-state index in [1.54, 1.807) is 0 Å². The molecule has 0 aliphatic heterocycles. The standard InChI is InChI=1S/C26H24O4Si/c1-29-25(27)20-24(26(28)30-2)31(22-14-8-4-9-15-22,23-16-10-5-11-17-23)19-18-21-12-6-3-7-13-21/h3-20H,1-2H3/b19-18+,24-20+. The summed E-state index contributed by atoms with van der Waals surface area (Å²) in [5, 5.41) is 2.20. The maximum Gasteiger partial charge on any atom is 0.331 e. The normalized spacial score (nSPS) is 11.9. The van der Waals surface area contributed by atoms with E-state index in [9.17, 15) is 9.59 Å². The number of carbonyl (C=O) groups is 2. The van der Waals surface area contributed by atoms with Crippen molar-refractivity contribution >= 4 is 36.5 Å². The fraction of sp³-hybridized carbons (Fsp3) is 0.0769. The van der Waals surface area contributed by atoms with Crippen LogP contribution in [0.2, 0.25) is 0 Å². The van der Waals surface area contributed by atoms with Gasteiger partial charge in [0.15, 0.2) is 8.07 Å². The number of ether oxygens (including phenoxy) is 2. The Balaban J connectivity index is 2.39. The number of carbonyl (C=O) groups excluding carboxylic acids is 2. The second-order valence-electron chi connectivity index (χ2n) is 6.86. The topological polar surface area (TPSA) is 52.6 Å². The van der Waals surface area contributed by atoms with Crippen molar-refractivity contribution in [2.75, 3.05) is 14.2 Å². The molecule has 156 valence electrons. The van der Waals surface area contributed by atoms with E-state index in [2.05, 4.69) is 5.70 Å². The van der Waals surface area contributed by atoms with Gasteiger partial charge >= 0.3 is 11.9 Å². The zero-order chi connectivity index (χ0) is 22.1. The van der Waals surface area contributed by atoms with Gasteiger partial charge in [0, 0.05) is 11.3 Å². The molecule has 0 spiro atoms. The average Bonchev–Trinajstić information content (AvgIpc) is 2.85. The number of hydrogen-bond acceptors (Lipinski definition) is 4. The Morgan fingerprint density at radius 1 is 0.710 bits per heavy atom. The molecule has 31 heavy (non-hydrogen) atoms. The predicted octanol–water partition coefficient (Wildman–Crippen LogP) is 3.31. The molecule has 0 unspecified atom stereocenters. The van der Waals surface area contributed by atoms with Crippen molar-refractivity contribution in [3.05, 3.63) is 114 Å². The number of methoxy groups -OCH3 is 2. The molecule has 0 bridgehead atoms. The van der Waals surface area contributed by atoms with Gasteiger partial charge in [-0.2, -0.15) is 0 Å². The van der Waals surface area contributed by atoms with E-state index in [1.807, 2.05) is 97.1 Å². The quantitative estimate of drug-likeness (QED) is 0.329. The van der Waals surface area contributed by atoms with Crippen molar-refractivity contribution in [2.45, 2.75) is 0 Å². The van der Waals surface area contributed by atoms with Crippen LogP contribution >= 0.6 is 0 Å². The Hall–Kier alpha value is -3.70. The zero-order valence-corrected chi connectivity index (χ0v) is 18.5. The number of rotatable bonds is 7. The van der Waals surface area contributed by atoms with Crippen LogP contribution in [0.4, 0.5) is 0 Å². The van der Waals surface area contributed by atoms with Crippen LogP contribution in [0, 0.1) is 0 Å². The molecule has 4 nitrogen and oxygen atoms in total. The van der Waals surface area contributed by atoms with Crippen LogP contribution < -0.4 is 10.4 Å². The first-order valence-electron chi connectivity index (χ1n) is 9.85. The van der Waals surface area contributed by atoms with Crippen LogP contribution in [0.5, 0.6) is 0 Å². The average molecular weight is 429 g/mol. The van der Waals surface area contributed by atoms with Crippen molar-refractivity contribution in [3.63, 3.8) is 0 Å². The smallest absolute Gasteiger partial charge is 0.331 e. The third kappa shape index (κ3) is 4.90. The summed E-state index contributed by atoms with van der Waals surface area (Å²) < 4.78 is 10.0. The Morgan fingerprint density at radius 2 is 1.19 bits per heavy atom. The molecule has 3 rings (SSSR count). The van der Waals surface area contributed by atoms with Crippen LogP contribution in [0.1, 0.15) is 5.56 Å². The van der Waals surface area contributed by atoms with Gasteiger partial charge in [-0.25, -0.2) is 9.59 Å². The molecule has 5 heteroatoms. The molecule has 0 fully saturated rings. The lowest BCUT2D eigenvalue weighted by atomic mass is 10.2. The monoisotopic (exact) mass is 428 g/mol. The molecule has 3 aromatic rings. The third-order valence-electron chi connectivity index (χ3n) is 5.08. The van der Waals surface area contributed by atoms with Gasteiger partial charge < -0.3 is 9.47 Å². The fourth-order valence-electron chi connectivity index (χ4n) is 3.57. The number of benzene rings is 3. The van der Waals surface area contributed by atoms with E-state index >= 15 is 0 Å². The van der Waals surface area contributed by atoms with E-state index in [-0.39, 0.29) is 0 Å². The Bertz CT molecular complexity index is 1030. The Labute approximate surface area is 183 Å². The molecule has 0 aliphatic carbocycles. The van der Waals surface area contributed by atoms with Gasteiger partial charge in [-0.15, -0.1) is 0 Å². The highest BCUT2D eigenvalue weighted by atomic mass is 28.3. The van der Waals surface area contributed by atoms with Crippen LogP contribution in [-0.2, 0) is 19.1 Å². The summed E-state index contributed by atoms with van der Waals surface area (Å²) >= 11 is 0. The van der Waals surface area contributed by atoms with Gasteiger partial charge in [-0.05, 0) is 15.9 Å². The minimum absolute atomic E-state index is 0.298. The first kappa shape index (κ1) is 22.0. The van der Waals surface area contributed by atoms with Gasteiger partial charge in [0.25, 0.3) is 0 Å². The molecule has 0 atom stereocenters. The summed E-state index contributed by atoms with van der Waals surface area (Å²) in [6.07, 6.45) is 3.27. The van der Waals surface area contributed by atoms with Crippen molar-refractivity contribution in [1.29, 1.82) is 0 Å². The molecule has 3 aromatic carbocycles.